The van der Waals surface area contributed by atoms with E-state index in [1.54, 1.807) is 0 Å². The number of carboxylic acids is 1. The van der Waals surface area contributed by atoms with Crippen molar-refractivity contribution < 1.29 is 32.2 Å². The topological polar surface area (TPSA) is 46.5 Å². The van der Waals surface area contributed by atoms with E-state index in [4.69, 9.17) is 9.84 Å². The van der Waals surface area contributed by atoms with Crippen molar-refractivity contribution in [3.63, 3.8) is 0 Å². The molecule has 2 rings (SSSR count). The van der Waals surface area contributed by atoms with Gasteiger partial charge in [0.1, 0.15) is 11.6 Å². The Morgan fingerprint density at radius 2 is 1.95 bits per heavy atom. The maximum absolute atomic E-state index is 13.6. The second-order valence-corrected chi connectivity index (χ2v) is 4.49. The molecule has 0 saturated heterocycles. The molecule has 108 valence electrons. The van der Waals surface area contributed by atoms with E-state index >= 15 is 0 Å². The number of benzene rings is 1. The van der Waals surface area contributed by atoms with Gasteiger partial charge in [0.25, 0.3) is 0 Å². The molecule has 0 bridgehead atoms. The maximum atomic E-state index is 13.6. The zero-order valence-corrected chi connectivity index (χ0v) is 10.5. The molecule has 0 amide bonds. The Hall–Kier alpha value is -2.05. The third kappa shape index (κ3) is 2.23. The highest BCUT2D eigenvalue weighted by Gasteiger charge is 2.48. The molecule has 1 aliphatic rings. The van der Waals surface area contributed by atoms with Gasteiger partial charge in [-0.25, -0.2) is 9.18 Å². The van der Waals surface area contributed by atoms with Crippen molar-refractivity contribution in [1.82, 2.24) is 0 Å². The lowest BCUT2D eigenvalue weighted by atomic mass is 9.95. The fourth-order valence-corrected chi connectivity index (χ4v) is 2.04. The highest BCUT2D eigenvalue weighted by Crippen LogP contribution is 2.40. The van der Waals surface area contributed by atoms with Crippen molar-refractivity contribution in [1.29, 1.82) is 0 Å². The number of hydrogen-bond donors (Lipinski definition) is 1. The minimum Gasteiger partial charge on any atom is -0.478 e. The number of alkyl halides is 3. The van der Waals surface area contributed by atoms with Crippen LogP contribution in [0.5, 0.6) is 5.75 Å². The summed E-state index contributed by atoms with van der Waals surface area (Å²) < 4.78 is 56.9. The summed E-state index contributed by atoms with van der Waals surface area (Å²) in [7, 11) is 0. The van der Waals surface area contributed by atoms with Gasteiger partial charge in [0, 0.05) is 5.56 Å². The number of rotatable bonds is 1. The molecule has 0 radical (unpaired) electrons. The molecule has 1 N–H and O–H groups in total. The van der Waals surface area contributed by atoms with E-state index in [0.717, 1.165) is 12.1 Å². The first-order chi connectivity index (χ1) is 9.12. The molecular formula is C13H10F4O3. The molecule has 1 unspecified atom stereocenters. The molecular weight excluding hydrogens is 280 g/mol. The summed E-state index contributed by atoms with van der Waals surface area (Å²) in [5, 5.41) is 8.89. The van der Waals surface area contributed by atoms with Crippen LogP contribution in [0.25, 0.3) is 6.08 Å². The third-order valence-electron chi connectivity index (χ3n) is 3.07. The zero-order valence-electron chi connectivity index (χ0n) is 10.5. The number of carbonyl (C=O) groups is 1. The number of aryl methyl sites for hydroxylation is 1. The van der Waals surface area contributed by atoms with Crippen molar-refractivity contribution in [2.45, 2.75) is 26.1 Å². The summed E-state index contributed by atoms with van der Waals surface area (Å²) in [6.07, 6.45) is -6.60. The van der Waals surface area contributed by atoms with Crippen molar-refractivity contribution in [2.24, 2.45) is 0 Å². The Labute approximate surface area is 111 Å². The monoisotopic (exact) mass is 290 g/mol. The molecule has 1 aliphatic heterocycles. The van der Waals surface area contributed by atoms with E-state index in [1.807, 2.05) is 0 Å². The van der Waals surface area contributed by atoms with Gasteiger partial charge in [-0.05, 0) is 37.1 Å². The van der Waals surface area contributed by atoms with Crippen molar-refractivity contribution in [3.05, 3.63) is 34.1 Å². The quantitative estimate of drug-likeness (QED) is 0.808. The van der Waals surface area contributed by atoms with Gasteiger partial charge >= 0.3 is 12.1 Å². The number of ether oxygens (including phenoxy) is 1. The highest BCUT2D eigenvalue weighted by molar-refractivity contribution is 5.95. The molecule has 0 fully saturated rings. The normalized spacial score (nSPS) is 18.1. The molecule has 1 atom stereocenters. The number of halogens is 4. The van der Waals surface area contributed by atoms with Crippen LogP contribution in [0.4, 0.5) is 17.6 Å². The summed E-state index contributed by atoms with van der Waals surface area (Å²) in [6.45, 7) is 2.75. The average Bonchev–Trinajstić information content (AvgIpc) is 2.33. The SMILES string of the molecule is Cc1cc(F)c(C)c2c1OC(C(F)(F)F)C(C(=O)O)=C2. The van der Waals surface area contributed by atoms with Crippen LogP contribution in [0.3, 0.4) is 0 Å². The van der Waals surface area contributed by atoms with E-state index in [1.165, 1.54) is 13.8 Å². The van der Waals surface area contributed by atoms with Crippen molar-refractivity contribution >= 4 is 12.0 Å². The van der Waals surface area contributed by atoms with E-state index in [0.29, 0.717) is 0 Å². The fraction of sp³-hybridized carbons (Fsp3) is 0.308. The standard InChI is InChI=1S/C13H10F4O3/c1-5-3-9(14)6(2)7-4-8(12(18)19)11(13(15,16)17)20-10(5)7/h3-4,11H,1-2H3,(H,18,19). The van der Waals surface area contributed by atoms with E-state index in [9.17, 15) is 22.4 Å². The van der Waals surface area contributed by atoms with E-state index in [2.05, 4.69) is 0 Å². The summed E-state index contributed by atoms with van der Waals surface area (Å²) in [6, 6.07) is 1.06. The van der Waals surface area contributed by atoms with Crippen LogP contribution in [0.2, 0.25) is 0 Å². The smallest absolute Gasteiger partial charge is 0.430 e. The van der Waals surface area contributed by atoms with E-state index in [-0.39, 0.29) is 22.4 Å². The minimum absolute atomic E-state index is 0.0281. The van der Waals surface area contributed by atoms with Gasteiger partial charge in [0.05, 0.1) is 5.57 Å². The van der Waals surface area contributed by atoms with Crippen LogP contribution < -0.4 is 4.74 Å². The molecule has 0 spiro atoms. The van der Waals surface area contributed by atoms with Gasteiger partial charge in [-0.3, -0.25) is 0 Å². The Morgan fingerprint density at radius 3 is 2.45 bits per heavy atom. The zero-order chi connectivity index (χ0) is 15.2. The summed E-state index contributed by atoms with van der Waals surface area (Å²) in [4.78, 5) is 11.0. The molecule has 0 saturated carbocycles. The van der Waals surface area contributed by atoms with Crippen molar-refractivity contribution in [3.8, 4) is 5.75 Å². The number of carboxylic acid groups (broad SMARTS) is 1. The molecule has 7 heteroatoms. The van der Waals surface area contributed by atoms with Crippen LogP contribution in [0.15, 0.2) is 11.6 Å². The maximum Gasteiger partial charge on any atom is 0.430 e. The molecule has 20 heavy (non-hydrogen) atoms. The summed E-state index contributed by atoms with van der Waals surface area (Å²) >= 11 is 0. The molecule has 0 aromatic heterocycles. The van der Waals surface area contributed by atoms with Gasteiger partial charge in [-0.15, -0.1) is 0 Å². The second-order valence-electron chi connectivity index (χ2n) is 4.49. The number of aliphatic carboxylic acids is 1. The molecule has 3 nitrogen and oxygen atoms in total. The predicted octanol–water partition coefficient (Wildman–Crippen LogP) is 3.23. The number of fused-ring (bicyclic) bond motifs is 1. The molecule has 0 aliphatic carbocycles. The fourth-order valence-electron chi connectivity index (χ4n) is 2.04. The largest absolute Gasteiger partial charge is 0.478 e. The number of hydrogen-bond acceptors (Lipinski definition) is 2. The molecule has 1 heterocycles. The van der Waals surface area contributed by atoms with Gasteiger partial charge in [0.15, 0.2) is 0 Å². The summed E-state index contributed by atoms with van der Waals surface area (Å²) in [5.41, 5.74) is -0.707. The lowest BCUT2D eigenvalue weighted by Gasteiger charge is -2.29. The second kappa shape index (κ2) is 4.50. The molecule has 1 aromatic rings. The van der Waals surface area contributed by atoms with Crippen LogP contribution in [-0.4, -0.2) is 23.4 Å². The van der Waals surface area contributed by atoms with Crippen molar-refractivity contribution in [2.75, 3.05) is 0 Å². The Kier molecular flexibility index (Phi) is 3.23. The van der Waals surface area contributed by atoms with Gasteiger partial charge in [-0.1, -0.05) is 0 Å². The minimum atomic E-state index is -4.86. The van der Waals surface area contributed by atoms with Crippen LogP contribution >= 0.6 is 0 Å². The first-order valence-corrected chi connectivity index (χ1v) is 5.61. The van der Waals surface area contributed by atoms with Crippen LogP contribution in [-0.2, 0) is 4.79 Å². The summed E-state index contributed by atoms with van der Waals surface area (Å²) in [5.74, 6) is -2.52. The Bertz CT molecular complexity index is 617. The van der Waals surface area contributed by atoms with Gasteiger partial charge in [0.2, 0.25) is 6.10 Å². The lowest BCUT2D eigenvalue weighted by Crippen LogP contribution is -2.40. The van der Waals surface area contributed by atoms with E-state index < -0.39 is 29.6 Å². The first-order valence-electron chi connectivity index (χ1n) is 5.61. The molecule has 1 aromatic carbocycles. The Morgan fingerprint density at radius 1 is 1.35 bits per heavy atom. The first kappa shape index (κ1) is 14.4. The van der Waals surface area contributed by atoms with Crippen LogP contribution in [0.1, 0.15) is 16.7 Å². The highest BCUT2D eigenvalue weighted by atomic mass is 19.4. The lowest BCUT2D eigenvalue weighted by molar-refractivity contribution is -0.187. The average molecular weight is 290 g/mol. The van der Waals surface area contributed by atoms with Gasteiger partial charge in [-0.2, -0.15) is 13.2 Å². The van der Waals surface area contributed by atoms with Crippen LogP contribution in [0, 0.1) is 19.7 Å². The Balaban J connectivity index is 2.69. The van der Waals surface area contributed by atoms with Gasteiger partial charge < -0.3 is 9.84 Å². The third-order valence-corrected chi connectivity index (χ3v) is 3.07. The predicted molar refractivity (Wildman–Crippen MR) is 62.0 cm³/mol.